The van der Waals surface area contributed by atoms with Crippen molar-refractivity contribution in [2.75, 3.05) is 0 Å². The second-order valence-corrected chi connectivity index (χ2v) is 7.05. The van der Waals surface area contributed by atoms with Gasteiger partial charge in [0.25, 0.3) is 15.9 Å². The van der Waals surface area contributed by atoms with Crippen LogP contribution in [0.1, 0.15) is 21.8 Å². The molecule has 0 atom stereocenters. The first kappa shape index (κ1) is 17.8. The Morgan fingerprint density at radius 2 is 2.04 bits per heavy atom. The van der Waals surface area contributed by atoms with Crippen LogP contribution in [0.5, 0.6) is 0 Å². The number of hydrogen-bond donors (Lipinski definition) is 3. The third-order valence-corrected chi connectivity index (χ3v) is 5.11. The highest BCUT2D eigenvalue weighted by Gasteiger charge is 2.25. The highest BCUT2D eigenvalue weighted by Crippen LogP contribution is 2.18. The van der Waals surface area contributed by atoms with E-state index in [1.807, 2.05) is 10.3 Å². The van der Waals surface area contributed by atoms with E-state index in [0.29, 0.717) is 5.52 Å². The van der Waals surface area contributed by atoms with Crippen molar-refractivity contribution in [1.29, 1.82) is 0 Å². The first-order valence-electron chi connectivity index (χ1n) is 7.26. The molecule has 0 saturated carbocycles. The Hall–Kier alpha value is -3.05. The maximum absolute atomic E-state index is 13.3. The quantitative estimate of drug-likeness (QED) is 0.576. The van der Waals surface area contributed by atoms with E-state index in [9.17, 15) is 22.4 Å². The van der Waals surface area contributed by atoms with Crippen molar-refractivity contribution in [2.24, 2.45) is 0 Å². The van der Waals surface area contributed by atoms with Gasteiger partial charge in [-0.2, -0.15) is 0 Å². The van der Waals surface area contributed by atoms with Gasteiger partial charge in [-0.15, -0.1) is 4.83 Å². The van der Waals surface area contributed by atoms with E-state index in [1.54, 1.807) is 0 Å². The third-order valence-electron chi connectivity index (χ3n) is 3.62. The van der Waals surface area contributed by atoms with Gasteiger partial charge in [-0.1, -0.05) is 5.16 Å². The van der Waals surface area contributed by atoms with Crippen LogP contribution in [0.4, 0.5) is 4.39 Å². The number of nitrogens with zero attached hydrogens (tertiary/aromatic N) is 1. The molecule has 0 radical (unpaired) electrons. The molecule has 0 saturated heterocycles. The summed E-state index contributed by atoms with van der Waals surface area (Å²) in [5, 5.41) is 3.49. The lowest BCUT2D eigenvalue weighted by atomic mass is 10.1. The first-order chi connectivity index (χ1) is 12.2. The molecule has 11 heteroatoms. The van der Waals surface area contributed by atoms with Gasteiger partial charge in [-0.25, -0.2) is 12.8 Å². The molecule has 3 rings (SSSR count). The Kier molecular flexibility index (Phi) is 4.34. The maximum Gasteiger partial charge on any atom is 0.271 e. The summed E-state index contributed by atoms with van der Waals surface area (Å²) in [4.78, 5) is 28.9. The summed E-state index contributed by atoms with van der Waals surface area (Å²) in [7, 11) is -4.15. The zero-order valence-electron chi connectivity index (χ0n) is 13.6. The van der Waals surface area contributed by atoms with Gasteiger partial charge in [0.05, 0.1) is 0 Å². The van der Waals surface area contributed by atoms with Crippen LogP contribution in [0.15, 0.2) is 38.6 Å². The number of carbonyl (C=O) groups excluding carboxylic acids is 1. The van der Waals surface area contributed by atoms with Crippen molar-refractivity contribution >= 4 is 26.8 Å². The number of nitrogens with one attached hydrogen (secondary N) is 3. The fourth-order valence-electron chi connectivity index (χ4n) is 2.45. The summed E-state index contributed by atoms with van der Waals surface area (Å²) in [5.74, 6) is -1.60. The number of benzene rings is 1. The van der Waals surface area contributed by atoms with Crippen LogP contribution in [-0.4, -0.2) is 24.5 Å². The fourth-order valence-corrected chi connectivity index (χ4v) is 3.62. The number of fused-ring (bicyclic) bond motifs is 1. The molecule has 3 N–H and O–H groups in total. The van der Waals surface area contributed by atoms with Crippen molar-refractivity contribution in [3.63, 3.8) is 0 Å². The Morgan fingerprint density at radius 3 is 2.69 bits per heavy atom. The molecule has 0 spiro atoms. The first-order valence-corrected chi connectivity index (χ1v) is 8.75. The van der Waals surface area contributed by atoms with Crippen molar-refractivity contribution in [3.8, 4) is 0 Å². The molecule has 26 heavy (non-hydrogen) atoms. The number of halogens is 1. The number of aromatic nitrogens is 2. The summed E-state index contributed by atoms with van der Waals surface area (Å²) in [6.07, 6.45) is 1.11. The Labute approximate surface area is 146 Å². The SMILES string of the molecule is Cc1noc(C)c1S(=O)(=O)NNC(=O)c1c[nH]c2ccc(F)cc2c1=O. The second-order valence-electron chi connectivity index (χ2n) is 5.43. The molecule has 1 aromatic carbocycles. The zero-order chi connectivity index (χ0) is 19.1. The second kappa shape index (κ2) is 6.35. The lowest BCUT2D eigenvalue weighted by Crippen LogP contribution is -2.43. The standard InChI is InChI=1S/C15H13FN4O5S/c1-7-14(8(2)25-19-7)26(23,24)20-18-15(22)11-6-17-12-4-3-9(16)5-10(12)13(11)21/h3-6,20H,1-2H3,(H,17,21)(H,18,22). The number of hydrogen-bond acceptors (Lipinski definition) is 6. The van der Waals surface area contributed by atoms with E-state index in [4.69, 9.17) is 4.52 Å². The number of pyridine rings is 1. The van der Waals surface area contributed by atoms with Gasteiger partial charge in [0.1, 0.15) is 22.0 Å². The van der Waals surface area contributed by atoms with Gasteiger partial charge >= 0.3 is 0 Å². The predicted molar refractivity (Wildman–Crippen MR) is 88.3 cm³/mol. The smallest absolute Gasteiger partial charge is 0.271 e. The minimum absolute atomic E-state index is 0.0359. The van der Waals surface area contributed by atoms with Crippen LogP contribution in [0.3, 0.4) is 0 Å². The molecular formula is C15H13FN4O5S. The Morgan fingerprint density at radius 1 is 1.31 bits per heavy atom. The highest BCUT2D eigenvalue weighted by molar-refractivity contribution is 7.89. The van der Waals surface area contributed by atoms with E-state index >= 15 is 0 Å². The third kappa shape index (κ3) is 3.09. The van der Waals surface area contributed by atoms with Crippen LogP contribution >= 0.6 is 0 Å². The number of H-pyrrole nitrogens is 1. The molecule has 2 heterocycles. The molecule has 1 amide bonds. The minimum atomic E-state index is -4.15. The van der Waals surface area contributed by atoms with Crippen LogP contribution in [0.25, 0.3) is 10.9 Å². The summed E-state index contributed by atoms with van der Waals surface area (Å²) < 4.78 is 42.6. The molecule has 0 aliphatic heterocycles. The largest absolute Gasteiger partial charge is 0.360 e. The van der Waals surface area contributed by atoms with Gasteiger partial charge < -0.3 is 9.51 Å². The molecule has 0 bridgehead atoms. The molecule has 0 aliphatic rings. The minimum Gasteiger partial charge on any atom is -0.360 e. The maximum atomic E-state index is 13.3. The lowest BCUT2D eigenvalue weighted by molar-refractivity contribution is 0.0944. The van der Waals surface area contributed by atoms with Crippen molar-refractivity contribution in [2.45, 2.75) is 18.7 Å². The van der Waals surface area contributed by atoms with Crippen molar-refractivity contribution in [3.05, 3.63) is 57.5 Å². The van der Waals surface area contributed by atoms with Crippen LogP contribution in [0, 0.1) is 19.7 Å². The summed E-state index contributed by atoms with van der Waals surface area (Å²) in [5.41, 5.74) is 1.27. The topological polar surface area (TPSA) is 134 Å². The molecule has 0 fully saturated rings. The fraction of sp³-hybridized carbons (Fsp3) is 0.133. The predicted octanol–water partition coefficient (Wildman–Crippen LogP) is 0.895. The monoisotopic (exact) mass is 380 g/mol. The van der Waals surface area contributed by atoms with E-state index in [0.717, 1.165) is 18.3 Å². The zero-order valence-corrected chi connectivity index (χ0v) is 14.4. The molecule has 2 aromatic heterocycles. The van der Waals surface area contributed by atoms with E-state index < -0.39 is 27.2 Å². The van der Waals surface area contributed by atoms with E-state index in [2.05, 4.69) is 10.1 Å². The van der Waals surface area contributed by atoms with Crippen LogP contribution in [-0.2, 0) is 10.0 Å². The summed E-state index contributed by atoms with van der Waals surface area (Å²) in [6.45, 7) is 2.83. The highest BCUT2D eigenvalue weighted by atomic mass is 32.2. The lowest BCUT2D eigenvalue weighted by Gasteiger charge is -2.08. The number of hydrazine groups is 1. The van der Waals surface area contributed by atoms with Crippen molar-refractivity contribution < 1.29 is 22.1 Å². The van der Waals surface area contributed by atoms with Gasteiger partial charge in [0.15, 0.2) is 5.76 Å². The van der Waals surface area contributed by atoms with Crippen LogP contribution < -0.4 is 15.7 Å². The number of aromatic amines is 1. The molecule has 9 nitrogen and oxygen atoms in total. The normalized spacial score (nSPS) is 11.7. The molecule has 3 aromatic rings. The molecular weight excluding hydrogens is 367 g/mol. The van der Waals surface area contributed by atoms with Gasteiger partial charge in [-0.05, 0) is 32.0 Å². The Balaban J connectivity index is 1.88. The molecule has 0 unspecified atom stereocenters. The average Bonchev–Trinajstić information content (AvgIpc) is 2.93. The van der Waals surface area contributed by atoms with Gasteiger partial charge in [-0.3, -0.25) is 15.0 Å². The molecule has 136 valence electrons. The number of aryl methyl sites for hydroxylation is 2. The Bertz CT molecular complexity index is 1160. The summed E-state index contributed by atoms with van der Waals surface area (Å²) >= 11 is 0. The average molecular weight is 380 g/mol. The van der Waals surface area contributed by atoms with Gasteiger partial charge in [0.2, 0.25) is 5.43 Å². The number of carbonyl (C=O) groups is 1. The number of sulfonamides is 1. The van der Waals surface area contributed by atoms with Crippen LogP contribution in [0.2, 0.25) is 0 Å². The van der Waals surface area contributed by atoms with E-state index in [-0.39, 0.29) is 27.3 Å². The summed E-state index contributed by atoms with van der Waals surface area (Å²) in [6, 6.07) is 3.50. The van der Waals surface area contributed by atoms with Crippen molar-refractivity contribution in [1.82, 2.24) is 20.4 Å². The van der Waals surface area contributed by atoms with E-state index in [1.165, 1.54) is 19.9 Å². The number of amides is 1. The number of rotatable bonds is 4. The molecule has 0 aliphatic carbocycles. The van der Waals surface area contributed by atoms with Gasteiger partial charge in [0, 0.05) is 17.1 Å².